The highest BCUT2D eigenvalue weighted by molar-refractivity contribution is 6.09. The van der Waals surface area contributed by atoms with Crippen molar-refractivity contribution < 1.29 is 33.9 Å². The van der Waals surface area contributed by atoms with Crippen LogP contribution in [0.3, 0.4) is 0 Å². The van der Waals surface area contributed by atoms with Crippen LogP contribution in [0.1, 0.15) is 10.4 Å². The van der Waals surface area contributed by atoms with Gasteiger partial charge in [-0.3, -0.25) is 14.9 Å². The second-order valence-corrected chi connectivity index (χ2v) is 6.61. The molecule has 0 atom stereocenters. The molecule has 1 aliphatic rings. The van der Waals surface area contributed by atoms with Gasteiger partial charge in [0.2, 0.25) is 0 Å². The fourth-order valence-corrected chi connectivity index (χ4v) is 3.05. The van der Waals surface area contributed by atoms with Crippen molar-refractivity contribution in [1.29, 1.82) is 0 Å². The predicted molar refractivity (Wildman–Crippen MR) is 111 cm³/mol. The molecule has 0 radical (unpaired) electrons. The molecular weight excluding hydrogens is 422 g/mol. The van der Waals surface area contributed by atoms with Gasteiger partial charge in [0, 0.05) is 18.7 Å². The topological polar surface area (TPSA) is 148 Å². The minimum atomic E-state index is -0.778. The molecule has 0 spiro atoms. The Balaban J connectivity index is 1.86. The van der Waals surface area contributed by atoms with E-state index in [1.807, 2.05) is 0 Å². The van der Waals surface area contributed by atoms with Crippen LogP contribution >= 0.6 is 0 Å². The Morgan fingerprint density at radius 3 is 2.47 bits per heavy atom. The summed E-state index contributed by atoms with van der Waals surface area (Å²) in [4.78, 5) is 49.0. The van der Waals surface area contributed by atoms with Crippen molar-refractivity contribution in [3.05, 3.63) is 75.5 Å². The van der Waals surface area contributed by atoms with Crippen molar-refractivity contribution in [3.8, 4) is 5.75 Å². The largest absolute Gasteiger partial charge is 0.466 e. The van der Waals surface area contributed by atoms with Crippen LogP contribution in [0.5, 0.6) is 5.75 Å². The Morgan fingerprint density at radius 1 is 1.16 bits per heavy atom. The lowest BCUT2D eigenvalue weighted by molar-refractivity contribution is -0.384. The van der Waals surface area contributed by atoms with Gasteiger partial charge in [-0.25, -0.2) is 9.59 Å². The number of β-amino-alcohol motifs (C(OH)–C–C–N with tert-alkyl or cyclic N) is 1. The van der Waals surface area contributed by atoms with Crippen LogP contribution in [0.15, 0.2) is 59.8 Å². The maximum Gasteiger partial charge on any atom is 0.345 e. The molecule has 11 nitrogen and oxygen atoms in total. The number of nitro benzene ring substituents is 1. The van der Waals surface area contributed by atoms with Crippen LogP contribution in [0.2, 0.25) is 0 Å². The van der Waals surface area contributed by atoms with Gasteiger partial charge in [-0.05, 0) is 24.3 Å². The zero-order valence-electron chi connectivity index (χ0n) is 16.9. The van der Waals surface area contributed by atoms with Gasteiger partial charge in [0.05, 0.1) is 42.0 Å². The fourth-order valence-electron chi connectivity index (χ4n) is 3.05. The van der Waals surface area contributed by atoms with E-state index in [1.165, 1.54) is 48.4 Å². The van der Waals surface area contributed by atoms with E-state index in [0.717, 1.165) is 0 Å². The minimum absolute atomic E-state index is 0.0222. The van der Waals surface area contributed by atoms with Gasteiger partial charge in [-0.2, -0.15) is 0 Å². The summed E-state index contributed by atoms with van der Waals surface area (Å²) in [5.74, 6) is -1.93. The molecule has 0 fully saturated rings. The number of methoxy groups -OCH3 is 1. The van der Waals surface area contributed by atoms with E-state index in [-0.39, 0.29) is 53.7 Å². The number of amides is 1. The summed E-state index contributed by atoms with van der Waals surface area (Å²) < 4.78 is 10.0. The van der Waals surface area contributed by atoms with Crippen LogP contribution in [-0.4, -0.2) is 59.6 Å². The molecule has 0 saturated heterocycles. The molecule has 0 aromatic heterocycles. The smallest absolute Gasteiger partial charge is 0.345 e. The quantitative estimate of drug-likeness (QED) is 0.269. The molecule has 2 aromatic carbocycles. The van der Waals surface area contributed by atoms with E-state index in [0.29, 0.717) is 0 Å². The van der Waals surface area contributed by atoms with Crippen LogP contribution in [-0.2, 0) is 14.3 Å². The van der Waals surface area contributed by atoms with Crippen molar-refractivity contribution in [3.63, 3.8) is 0 Å². The van der Waals surface area contributed by atoms with Gasteiger partial charge >= 0.3 is 11.9 Å². The normalized spacial score (nSPS) is 13.2. The lowest BCUT2D eigenvalue weighted by Gasteiger charge is -2.16. The summed E-state index contributed by atoms with van der Waals surface area (Å²) in [5.41, 5.74) is 0.109. The Bertz CT molecular complexity index is 1090. The van der Waals surface area contributed by atoms with Crippen molar-refractivity contribution >= 4 is 29.2 Å². The van der Waals surface area contributed by atoms with Crippen molar-refractivity contribution in [2.24, 2.45) is 0 Å². The highest BCUT2D eigenvalue weighted by Gasteiger charge is 2.35. The van der Waals surface area contributed by atoms with E-state index in [2.05, 4.69) is 5.32 Å². The second-order valence-electron chi connectivity index (χ2n) is 6.61. The van der Waals surface area contributed by atoms with E-state index >= 15 is 0 Å². The molecule has 0 saturated carbocycles. The first-order chi connectivity index (χ1) is 15.3. The lowest BCUT2D eigenvalue weighted by atomic mass is 10.1. The summed E-state index contributed by atoms with van der Waals surface area (Å²) in [6.45, 7) is -0.316. The van der Waals surface area contributed by atoms with Crippen molar-refractivity contribution in [2.45, 2.75) is 0 Å². The SMILES string of the molecule is COC(=O)C1=C(Nc2ccccc2C(=O)Oc2ccc([N+](=O)[O-])cc2)C(=O)N(CCO)C1. The van der Waals surface area contributed by atoms with Crippen LogP contribution in [0.25, 0.3) is 0 Å². The van der Waals surface area contributed by atoms with Crippen molar-refractivity contribution in [2.75, 3.05) is 32.1 Å². The summed E-state index contributed by atoms with van der Waals surface area (Å²) >= 11 is 0. The van der Waals surface area contributed by atoms with Gasteiger partial charge in [-0.1, -0.05) is 12.1 Å². The van der Waals surface area contributed by atoms with Gasteiger partial charge in [0.1, 0.15) is 11.4 Å². The molecular formula is C21H19N3O8. The summed E-state index contributed by atoms with van der Waals surface area (Å²) in [7, 11) is 1.18. The van der Waals surface area contributed by atoms with E-state index in [1.54, 1.807) is 12.1 Å². The first-order valence-corrected chi connectivity index (χ1v) is 9.40. The summed E-state index contributed by atoms with van der Waals surface area (Å²) in [6, 6.07) is 11.2. The third kappa shape index (κ3) is 4.73. The number of carbonyl (C=O) groups excluding carboxylic acids is 3. The number of aliphatic hydroxyl groups excluding tert-OH is 1. The number of hydrogen-bond donors (Lipinski definition) is 2. The highest BCUT2D eigenvalue weighted by Crippen LogP contribution is 2.26. The highest BCUT2D eigenvalue weighted by atomic mass is 16.6. The Morgan fingerprint density at radius 2 is 1.84 bits per heavy atom. The standard InChI is InChI=1S/C21H19N3O8/c1-31-20(27)16-12-23(10-11-25)19(26)18(16)22-17-5-3-2-4-15(17)21(28)32-14-8-6-13(7-9-14)24(29)30/h2-9,22,25H,10-12H2,1H3. The number of esters is 2. The van der Waals surface area contributed by atoms with Gasteiger partial charge < -0.3 is 24.8 Å². The monoisotopic (exact) mass is 441 g/mol. The Hall–Kier alpha value is -4.25. The number of anilines is 1. The molecule has 2 aromatic rings. The first kappa shape index (κ1) is 22.4. The molecule has 1 aliphatic heterocycles. The summed E-state index contributed by atoms with van der Waals surface area (Å²) in [5, 5.41) is 22.7. The first-order valence-electron chi connectivity index (χ1n) is 9.40. The van der Waals surface area contributed by atoms with Gasteiger partial charge in [-0.15, -0.1) is 0 Å². The van der Waals surface area contributed by atoms with Crippen LogP contribution in [0.4, 0.5) is 11.4 Å². The maximum atomic E-state index is 12.7. The number of para-hydroxylation sites is 1. The molecule has 0 bridgehead atoms. The van der Waals surface area contributed by atoms with E-state index < -0.39 is 22.8 Å². The molecule has 0 aliphatic carbocycles. The predicted octanol–water partition coefficient (Wildman–Crippen LogP) is 1.49. The average molecular weight is 441 g/mol. The number of nitrogens with zero attached hydrogens (tertiary/aromatic N) is 2. The molecule has 1 amide bonds. The maximum absolute atomic E-state index is 12.7. The van der Waals surface area contributed by atoms with E-state index in [4.69, 9.17) is 14.6 Å². The van der Waals surface area contributed by atoms with Crippen LogP contribution in [0, 0.1) is 10.1 Å². The number of aliphatic hydroxyl groups is 1. The molecule has 166 valence electrons. The van der Waals surface area contributed by atoms with Crippen LogP contribution < -0.4 is 10.1 Å². The number of benzene rings is 2. The number of hydrogen-bond acceptors (Lipinski definition) is 9. The number of nitrogens with one attached hydrogen (secondary N) is 1. The molecule has 32 heavy (non-hydrogen) atoms. The summed E-state index contributed by atoms with van der Waals surface area (Å²) in [6.07, 6.45) is 0. The van der Waals surface area contributed by atoms with Gasteiger partial charge in [0.25, 0.3) is 11.6 Å². The molecule has 11 heteroatoms. The Kier molecular flexibility index (Phi) is 6.80. The second kappa shape index (κ2) is 9.71. The molecule has 0 unspecified atom stereocenters. The third-order valence-electron chi connectivity index (χ3n) is 4.62. The minimum Gasteiger partial charge on any atom is -0.466 e. The molecule has 1 heterocycles. The number of rotatable bonds is 8. The zero-order chi connectivity index (χ0) is 23.3. The number of nitro groups is 1. The molecule has 2 N–H and O–H groups in total. The van der Waals surface area contributed by atoms with E-state index in [9.17, 15) is 24.5 Å². The molecule has 3 rings (SSSR count). The van der Waals surface area contributed by atoms with Crippen molar-refractivity contribution in [1.82, 2.24) is 4.90 Å². The average Bonchev–Trinajstić information content (AvgIpc) is 3.09. The fraction of sp³-hybridized carbons (Fsp3) is 0.190. The Labute approximate surface area is 182 Å². The lowest BCUT2D eigenvalue weighted by Crippen LogP contribution is -2.31. The third-order valence-corrected chi connectivity index (χ3v) is 4.62. The zero-order valence-corrected chi connectivity index (χ0v) is 16.9. The number of ether oxygens (including phenoxy) is 2. The number of carbonyl (C=O) groups is 3. The number of non-ortho nitro benzene ring substituents is 1. The van der Waals surface area contributed by atoms with Gasteiger partial charge in [0.15, 0.2) is 0 Å².